The van der Waals surface area contributed by atoms with Crippen LogP contribution in [0.5, 0.6) is 5.75 Å². The Morgan fingerprint density at radius 1 is 1.15 bits per heavy atom. The lowest BCUT2D eigenvalue weighted by molar-refractivity contribution is -0.137. The number of benzene rings is 2. The van der Waals surface area contributed by atoms with E-state index in [1.165, 1.54) is 13.2 Å². The lowest BCUT2D eigenvalue weighted by atomic mass is 10.1. The highest BCUT2D eigenvalue weighted by Crippen LogP contribution is 2.32. The van der Waals surface area contributed by atoms with E-state index in [9.17, 15) is 18.0 Å². The van der Waals surface area contributed by atoms with Gasteiger partial charge in [0.25, 0.3) is 0 Å². The summed E-state index contributed by atoms with van der Waals surface area (Å²) in [5, 5.41) is 2.41. The molecule has 2 aromatic rings. The van der Waals surface area contributed by atoms with Gasteiger partial charge in [-0.05, 0) is 23.8 Å². The largest absolute Gasteiger partial charge is 0.497 e. The van der Waals surface area contributed by atoms with Crippen LogP contribution in [0.25, 0.3) is 0 Å². The molecule has 0 aliphatic carbocycles. The van der Waals surface area contributed by atoms with Gasteiger partial charge in [0.05, 0.1) is 19.2 Å². The number of hydrogen-bond donors (Lipinski definition) is 1. The fourth-order valence-corrected chi connectivity index (χ4v) is 1.99. The third-order valence-corrected chi connectivity index (χ3v) is 3.24. The molecule has 1 N–H and O–H groups in total. The Labute approximate surface area is 148 Å². The van der Waals surface area contributed by atoms with Crippen molar-refractivity contribution in [3.05, 3.63) is 65.2 Å². The zero-order valence-corrected chi connectivity index (χ0v) is 13.9. The monoisotopic (exact) mass is 363 g/mol. The van der Waals surface area contributed by atoms with Gasteiger partial charge >= 0.3 is 12.3 Å². The highest BCUT2D eigenvalue weighted by Gasteiger charge is 2.31. The van der Waals surface area contributed by atoms with Crippen LogP contribution in [0.1, 0.15) is 16.7 Å². The van der Waals surface area contributed by atoms with E-state index in [0.717, 1.165) is 17.7 Å². The molecule has 0 aliphatic rings. The molecule has 0 bridgehead atoms. The molecule has 4 nitrogen and oxygen atoms in total. The summed E-state index contributed by atoms with van der Waals surface area (Å²) >= 11 is 0. The molecule has 0 unspecified atom stereocenters. The summed E-state index contributed by atoms with van der Waals surface area (Å²) in [5.41, 5.74) is 0.123. The number of rotatable bonds is 4. The van der Waals surface area contributed by atoms with Gasteiger partial charge in [-0.1, -0.05) is 42.2 Å². The third-order valence-electron chi connectivity index (χ3n) is 3.24. The number of carbonyl (C=O) groups excluding carboxylic acids is 1. The van der Waals surface area contributed by atoms with Gasteiger partial charge in [-0.3, -0.25) is 0 Å². The van der Waals surface area contributed by atoms with Gasteiger partial charge in [-0.15, -0.1) is 0 Å². The summed E-state index contributed by atoms with van der Waals surface area (Å²) in [6, 6.07) is 12.3. The van der Waals surface area contributed by atoms with Gasteiger partial charge in [0.2, 0.25) is 0 Å². The first-order valence-corrected chi connectivity index (χ1v) is 7.58. The standard InChI is InChI=1S/C19H16F3NO3/c1-25-17-11-15(10-16(12-17)19(20,21)22)8-5-9-23-18(24)26-13-14-6-3-2-4-7-14/h2-4,6-7,10-12H,9,13H2,1H3,(H,23,24). The second-order valence-electron chi connectivity index (χ2n) is 5.17. The maximum Gasteiger partial charge on any atom is 0.416 e. The quantitative estimate of drug-likeness (QED) is 0.836. The summed E-state index contributed by atoms with van der Waals surface area (Å²) in [4.78, 5) is 11.5. The predicted molar refractivity (Wildman–Crippen MR) is 89.5 cm³/mol. The minimum atomic E-state index is -4.50. The first-order chi connectivity index (χ1) is 12.4. The molecule has 0 aromatic heterocycles. The molecule has 0 radical (unpaired) electrons. The minimum Gasteiger partial charge on any atom is -0.497 e. The van der Waals surface area contributed by atoms with Gasteiger partial charge in [0.15, 0.2) is 0 Å². The smallest absolute Gasteiger partial charge is 0.416 e. The van der Waals surface area contributed by atoms with Crippen molar-refractivity contribution in [3.63, 3.8) is 0 Å². The molecule has 1 amide bonds. The number of alkyl carbamates (subject to hydrolysis) is 1. The van der Waals surface area contributed by atoms with Crippen LogP contribution in [0.15, 0.2) is 48.5 Å². The Morgan fingerprint density at radius 3 is 2.54 bits per heavy atom. The van der Waals surface area contributed by atoms with Crippen molar-refractivity contribution in [3.8, 4) is 17.6 Å². The van der Waals surface area contributed by atoms with E-state index in [1.54, 1.807) is 0 Å². The van der Waals surface area contributed by atoms with E-state index in [1.807, 2.05) is 30.3 Å². The van der Waals surface area contributed by atoms with E-state index < -0.39 is 17.8 Å². The Bertz CT molecular complexity index is 808. The van der Waals surface area contributed by atoms with Crippen LogP contribution in [0, 0.1) is 11.8 Å². The number of halogens is 3. The fraction of sp³-hybridized carbons (Fsp3) is 0.211. The van der Waals surface area contributed by atoms with Crippen LogP contribution in [-0.2, 0) is 17.5 Å². The lowest BCUT2D eigenvalue weighted by Gasteiger charge is -2.09. The van der Waals surface area contributed by atoms with E-state index in [4.69, 9.17) is 9.47 Å². The van der Waals surface area contributed by atoms with Crippen molar-refractivity contribution in [2.45, 2.75) is 12.8 Å². The predicted octanol–water partition coefficient (Wildman–Crippen LogP) is 3.99. The Morgan fingerprint density at radius 2 is 1.88 bits per heavy atom. The van der Waals surface area contributed by atoms with E-state index in [0.29, 0.717) is 0 Å². The molecule has 136 valence electrons. The fourth-order valence-electron chi connectivity index (χ4n) is 1.99. The number of alkyl halides is 3. The number of carbonyl (C=O) groups is 1. The molecule has 2 rings (SSSR count). The summed E-state index contributed by atoms with van der Waals surface area (Å²) in [5.74, 6) is 5.19. The SMILES string of the molecule is COc1cc(C#CCNC(=O)OCc2ccccc2)cc(C(F)(F)F)c1. The summed E-state index contributed by atoms with van der Waals surface area (Å²) in [6.07, 6.45) is -5.16. The van der Waals surface area contributed by atoms with Crippen LogP contribution in [0.3, 0.4) is 0 Å². The first kappa shape index (κ1) is 19.2. The molecule has 0 spiro atoms. The summed E-state index contributed by atoms with van der Waals surface area (Å²) in [7, 11) is 1.27. The number of methoxy groups -OCH3 is 1. The lowest BCUT2D eigenvalue weighted by Crippen LogP contribution is -2.24. The molecular weight excluding hydrogens is 347 g/mol. The van der Waals surface area contributed by atoms with Crippen LogP contribution >= 0.6 is 0 Å². The van der Waals surface area contributed by atoms with E-state index >= 15 is 0 Å². The first-order valence-electron chi connectivity index (χ1n) is 7.58. The number of nitrogens with one attached hydrogen (secondary N) is 1. The van der Waals surface area contributed by atoms with E-state index in [2.05, 4.69) is 17.2 Å². The molecule has 0 atom stereocenters. The summed E-state index contributed by atoms with van der Waals surface area (Å²) in [6.45, 7) is 0.0527. The Hall–Kier alpha value is -3.14. The third kappa shape index (κ3) is 6.06. The number of amides is 1. The molecule has 0 aliphatic heterocycles. The molecule has 7 heteroatoms. The number of hydrogen-bond acceptors (Lipinski definition) is 3. The summed E-state index contributed by atoms with van der Waals surface area (Å²) < 4.78 is 48.3. The molecule has 0 heterocycles. The van der Waals surface area contributed by atoms with Gasteiger partial charge in [0.1, 0.15) is 12.4 Å². The molecule has 0 fully saturated rings. The molecule has 2 aromatic carbocycles. The van der Waals surface area contributed by atoms with Crippen LogP contribution in [0.4, 0.5) is 18.0 Å². The second kappa shape index (κ2) is 8.81. The maximum atomic E-state index is 12.8. The average Bonchev–Trinajstić information content (AvgIpc) is 2.63. The zero-order valence-electron chi connectivity index (χ0n) is 13.9. The highest BCUT2D eigenvalue weighted by atomic mass is 19.4. The zero-order chi connectivity index (χ0) is 19.0. The van der Waals surface area contributed by atoms with Crippen molar-refractivity contribution in [2.75, 3.05) is 13.7 Å². The maximum absolute atomic E-state index is 12.8. The highest BCUT2D eigenvalue weighted by molar-refractivity contribution is 5.67. The van der Waals surface area contributed by atoms with Gasteiger partial charge < -0.3 is 14.8 Å². The van der Waals surface area contributed by atoms with Crippen molar-refractivity contribution in [1.29, 1.82) is 0 Å². The normalized spacial score (nSPS) is 10.5. The second-order valence-corrected chi connectivity index (χ2v) is 5.17. The van der Waals surface area contributed by atoms with E-state index in [-0.39, 0.29) is 24.5 Å². The average molecular weight is 363 g/mol. The topological polar surface area (TPSA) is 47.6 Å². The number of ether oxygens (including phenoxy) is 2. The molecule has 26 heavy (non-hydrogen) atoms. The minimum absolute atomic E-state index is 0.0550. The van der Waals surface area contributed by atoms with Crippen LogP contribution in [0.2, 0.25) is 0 Å². The molecular formula is C19H16F3NO3. The van der Waals surface area contributed by atoms with Crippen molar-refractivity contribution < 1.29 is 27.4 Å². The Kier molecular flexibility index (Phi) is 6.50. The Balaban J connectivity index is 1.90. The van der Waals surface area contributed by atoms with Crippen molar-refractivity contribution in [1.82, 2.24) is 5.32 Å². The van der Waals surface area contributed by atoms with Gasteiger partial charge in [-0.2, -0.15) is 13.2 Å². The van der Waals surface area contributed by atoms with Gasteiger partial charge in [-0.25, -0.2) is 4.79 Å². The van der Waals surface area contributed by atoms with Gasteiger partial charge in [0, 0.05) is 5.56 Å². The van der Waals surface area contributed by atoms with Crippen molar-refractivity contribution >= 4 is 6.09 Å². The molecule has 0 saturated heterocycles. The molecule has 0 saturated carbocycles. The van der Waals surface area contributed by atoms with Crippen LogP contribution < -0.4 is 10.1 Å². The van der Waals surface area contributed by atoms with Crippen molar-refractivity contribution in [2.24, 2.45) is 0 Å². The van der Waals surface area contributed by atoms with Crippen LogP contribution in [-0.4, -0.2) is 19.7 Å².